The van der Waals surface area contributed by atoms with Gasteiger partial charge in [0.15, 0.2) is 11.6 Å². The average Bonchev–Trinajstić information content (AvgIpc) is 2.32. The number of aliphatic hydroxyl groups excluding tert-OH is 1. The molecule has 0 aliphatic rings. The minimum absolute atomic E-state index is 0.515. The Morgan fingerprint density at radius 3 is 1.89 bits per heavy atom. The van der Waals surface area contributed by atoms with E-state index in [1.54, 1.807) is 0 Å². The van der Waals surface area contributed by atoms with Gasteiger partial charge in [-0.15, -0.1) is 0 Å². The van der Waals surface area contributed by atoms with Gasteiger partial charge in [-0.25, -0.2) is 17.6 Å². The largest absolute Gasteiger partial charge is 0.383 e. The van der Waals surface area contributed by atoms with Gasteiger partial charge in [0.25, 0.3) is 0 Å². The zero-order valence-corrected chi connectivity index (χ0v) is 9.00. The lowest BCUT2D eigenvalue weighted by Crippen LogP contribution is -2.08. The molecule has 2 aromatic carbocycles. The van der Waals surface area contributed by atoms with E-state index < -0.39 is 40.5 Å². The van der Waals surface area contributed by atoms with Crippen LogP contribution in [-0.4, -0.2) is 5.11 Å². The van der Waals surface area contributed by atoms with Crippen molar-refractivity contribution in [3.8, 4) is 0 Å². The predicted molar refractivity (Wildman–Crippen MR) is 56.8 cm³/mol. The second-order valence-electron chi connectivity index (χ2n) is 3.68. The molecule has 0 aliphatic heterocycles. The Bertz CT molecular complexity index is 563. The topological polar surface area (TPSA) is 20.2 Å². The Morgan fingerprint density at radius 1 is 0.778 bits per heavy atom. The van der Waals surface area contributed by atoms with E-state index in [0.29, 0.717) is 0 Å². The van der Waals surface area contributed by atoms with Gasteiger partial charge >= 0.3 is 0 Å². The van der Waals surface area contributed by atoms with E-state index in [0.717, 1.165) is 36.4 Å². The van der Waals surface area contributed by atoms with Gasteiger partial charge in [0.05, 0.1) is 5.56 Å². The average molecular weight is 256 g/mol. The lowest BCUT2D eigenvalue weighted by Gasteiger charge is -2.14. The third kappa shape index (κ3) is 2.09. The molecule has 1 N–H and O–H groups in total. The normalized spacial score (nSPS) is 12.5. The van der Waals surface area contributed by atoms with E-state index in [1.165, 1.54) is 0 Å². The SMILES string of the molecule is OC(c1cccc(F)c1F)c1c(F)cccc1F. The van der Waals surface area contributed by atoms with Crippen molar-refractivity contribution in [3.63, 3.8) is 0 Å². The minimum Gasteiger partial charge on any atom is -0.383 e. The second kappa shape index (κ2) is 4.78. The minimum atomic E-state index is -1.90. The van der Waals surface area contributed by atoms with Gasteiger partial charge in [0, 0.05) is 5.56 Å². The van der Waals surface area contributed by atoms with Crippen LogP contribution in [-0.2, 0) is 0 Å². The Hall–Kier alpha value is -1.88. The summed E-state index contributed by atoms with van der Waals surface area (Å²) in [4.78, 5) is 0. The van der Waals surface area contributed by atoms with Crippen LogP contribution in [0.3, 0.4) is 0 Å². The van der Waals surface area contributed by atoms with Crippen LogP contribution in [0, 0.1) is 23.3 Å². The van der Waals surface area contributed by atoms with Crippen LogP contribution >= 0.6 is 0 Å². The summed E-state index contributed by atoms with van der Waals surface area (Å²) in [6, 6.07) is 6.04. The molecule has 18 heavy (non-hydrogen) atoms. The fraction of sp³-hybridized carbons (Fsp3) is 0.0769. The molecule has 1 atom stereocenters. The van der Waals surface area contributed by atoms with Crippen molar-refractivity contribution in [3.05, 3.63) is 70.8 Å². The number of benzene rings is 2. The van der Waals surface area contributed by atoms with E-state index in [2.05, 4.69) is 0 Å². The van der Waals surface area contributed by atoms with Crippen molar-refractivity contribution in [2.75, 3.05) is 0 Å². The quantitative estimate of drug-likeness (QED) is 0.817. The molecule has 0 bridgehead atoms. The smallest absolute Gasteiger partial charge is 0.164 e. The standard InChI is InChI=1S/C13H8F4O/c14-8-4-2-5-9(15)11(8)13(18)7-3-1-6-10(16)12(7)17/h1-6,13,18H. The van der Waals surface area contributed by atoms with Crippen molar-refractivity contribution in [2.45, 2.75) is 6.10 Å². The van der Waals surface area contributed by atoms with Crippen LogP contribution in [0.2, 0.25) is 0 Å². The van der Waals surface area contributed by atoms with Crippen LogP contribution < -0.4 is 0 Å². The Labute approximate surface area is 100 Å². The summed E-state index contributed by atoms with van der Waals surface area (Å²) in [6.07, 6.45) is -1.90. The monoisotopic (exact) mass is 256 g/mol. The van der Waals surface area contributed by atoms with Crippen LogP contribution in [0.15, 0.2) is 36.4 Å². The van der Waals surface area contributed by atoms with Crippen molar-refractivity contribution in [1.82, 2.24) is 0 Å². The van der Waals surface area contributed by atoms with Gasteiger partial charge in [0.1, 0.15) is 17.7 Å². The summed E-state index contributed by atoms with van der Waals surface area (Å²) >= 11 is 0. The summed E-state index contributed by atoms with van der Waals surface area (Å²) in [6.45, 7) is 0. The van der Waals surface area contributed by atoms with Crippen LogP contribution in [0.5, 0.6) is 0 Å². The van der Waals surface area contributed by atoms with E-state index in [9.17, 15) is 22.7 Å². The number of aliphatic hydroxyl groups is 1. The first-order valence-electron chi connectivity index (χ1n) is 5.08. The fourth-order valence-corrected chi connectivity index (χ4v) is 1.66. The van der Waals surface area contributed by atoms with Gasteiger partial charge in [0.2, 0.25) is 0 Å². The summed E-state index contributed by atoms with van der Waals surface area (Å²) < 4.78 is 53.2. The number of rotatable bonds is 2. The molecular formula is C13H8F4O. The zero-order chi connectivity index (χ0) is 13.3. The number of hydrogen-bond donors (Lipinski definition) is 1. The van der Waals surface area contributed by atoms with E-state index in [-0.39, 0.29) is 0 Å². The molecule has 0 aliphatic carbocycles. The Morgan fingerprint density at radius 2 is 1.28 bits per heavy atom. The first kappa shape index (κ1) is 12.6. The molecule has 0 amide bonds. The van der Waals surface area contributed by atoms with Gasteiger partial charge in [-0.05, 0) is 18.2 Å². The first-order chi connectivity index (χ1) is 8.52. The molecule has 0 aromatic heterocycles. The van der Waals surface area contributed by atoms with Crippen molar-refractivity contribution >= 4 is 0 Å². The number of hydrogen-bond acceptors (Lipinski definition) is 1. The molecule has 0 spiro atoms. The molecule has 1 unspecified atom stereocenters. The lowest BCUT2D eigenvalue weighted by atomic mass is 10.00. The van der Waals surface area contributed by atoms with Gasteiger partial charge in [-0.1, -0.05) is 18.2 Å². The highest BCUT2D eigenvalue weighted by atomic mass is 19.2. The number of halogens is 4. The molecule has 2 aromatic rings. The molecular weight excluding hydrogens is 248 g/mol. The highest BCUT2D eigenvalue weighted by molar-refractivity contribution is 5.33. The molecule has 1 nitrogen and oxygen atoms in total. The Balaban J connectivity index is 2.55. The third-order valence-corrected chi connectivity index (χ3v) is 2.55. The molecule has 5 heteroatoms. The first-order valence-corrected chi connectivity index (χ1v) is 5.08. The molecule has 2 rings (SSSR count). The van der Waals surface area contributed by atoms with E-state index in [4.69, 9.17) is 0 Å². The Kier molecular flexibility index (Phi) is 3.34. The summed E-state index contributed by atoms with van der Waals surface area (Å²) in [5.74, 6) is -4.56. The molecule has 94 valence electrons. The highest BCUT2D eigenvalue weighted by Crippen LogP contribution is 2.29. The lowest BCUT2D eigenvalue weighted by molar-refractivity contribution is 0.202. The van der Waals surface area contributed by atoms with Crippen molar-refractivity contribution in [2.24, 2.45) is 0 Å². The van der Waals surface area contributed by atoms with E-state index in [1.807, 2.05) is 0 Å². The van der Waals surface area contributed by atoms with Crippen molar-refractivity contribution < 1.29 is 22.7 Å². The maximum atomic E-state index is 13.4. The molecule has 0 saturated heterocycles. The second-order valence-corrected chi connectivity index (χ2v) is 3.68. The maximum Gasteiger partial charge on any atom is 0.164 e. The fourth-order valence-electron chi connectivity index (χ4n) is 1.66. The van der Waals surface area contributed by atoms with Crippen molar-refractivity contribution in [1.29, 1.82) is 0 Å². The maximum absolute atomic E-state index is 13.4. The van der Waals surface area contributed by atoms with Crippen LogP contribution in [0.4, 0.5) is 17.6 Å². The molecule has 0 saturated carbocycles. The molecule has 0 radical (unpaired) electrons. The van der Waals surface area contributed by atoms with Crippen LogP contribution in [0.1, 0.15) is 17.2 Å². The predicted octanol–water partition coefficient (Wildman–Crippen LogP) is 3.32. The highest BCUT2D eigenvalue weighted by Gasteiger charge is 2.23. The van der Waals surface area contributed by atoms with E-state index >= 15 is 0 Å². The zero-order valence-electron chi connectivity index (χ0n) is 9.00. The van der Waals surface area contributed by atoms with Gasteiger partial charge in [-0.2, -0.15) is 0 Å². The summed E-state index contributed by atoms with van der Waals surface area (Å²) in [5, 5.41) is 9.77. The third-order valence-electron chi connectivity index (χ3n) is 2.55. The molecule has 0 fully saturated rings. The van der Waals surface area contributed by atoms with Gasteiger partial charge in [-0.3, -0.25) is 0 Å². The van der Waals surface area contributed by atoms with Crippen LogP contribution in [0.25, 0.3) is 0 Å². The summed E-state index contributed by atoms with van der Waals surface area (Å²) in [5.41, 5.74) is -1.22. The summed E-state index contributed by atoms with van der Waals surface area (Å²) in [7, 11) is 0. The molecule has 0 heterocycles. The van der Waals surface area contributed by atoms with Gasteiger partial charge < -0.3 is 5.11 Å².